The molecule has 3 rings (SSSR count). The molecule has 1 amide bonds. The molecular weight excluding hydrogens is 372 g/mol. The molecule has 0 unspecified atom stereocenters. The summed E-state index contributed by atoms with van der Waals surface area (Å²) in [6.07, 6.45) is 0. The predicted octanol–water partition coefficient (Wildman–Crippen LogP) is 4.09. The van der Waals surface area contributed by atoms with Crippen molar-refractivity contribution in [3.63, 3.8) is 0 Å². The number of nitrogens with zero attached hydrogens (tertiary/aromatic N) is 3. The lowest BCUT2D eigenvalue weighted by Gasteiger charge is -2.12. The Balaban J connectivity index is 1.65. The van der Waals surface area contributed by atoms with Gasteiger partial charge >= 0.3 is 0 Å². The highest BCUT2D eigenvalue weighted by Crippen LogP contribution is 2.33. The van der Waals surface area contributed by atoms with E-state index in [1.165, 1.54) is 5.56 Å². The Hall–Kier alpha value is -2.80. The van der Waals surface area contributed by atoms with Crippen molar-refractivity contribution < 1.29 is 9.53 Å². The minimum Gasteiger partial charge on any atom is -0.497 e. The van der Waals surface area contributed by atoms with Crippen LogP contribution in [-0.4, -0.2) is 27.8 Å². The van der Waals surface area contributed by atoms with E-state index in [1.807, 2.05) is 22.8 Å². The maximum atomic E-state index is 12.4. The zero-order valence-corrected chi connectivity index (χ0v) is 17.1. The number of nitrogens with one attached hydrogen (secondary N) is 1. The van der Waals surface area contributed by atoms with Crippen LogP contribution in [0.1, 0.15) is 40.8 Å². The van der Waals surface area contributed by atoms with Gasteiger partial charge in [0.25, 0.3) is 5.91 Å². The SMILES string of the molecule is CCn1c(CNC(=O)c2ccc(OC)cc2)nnc1S[C@H](C)c1ccccc1. The summed E-state index contributed by atoms with van der Waals surface area (Å²) in [4.78, 5) is 12.4. The quantitative estimate of drug-likeness (QED) is 0.581. The third-order valence-corrected chi connectivity index (χ3v) is 5.56. The van der Waals surface area contributed by atoms with E-state index in [9.17, 15) is 4.79 Å². The van der Waals surface area contributed by atoms with Crippen molar-refractivity contribution in [2.24, 2.45) is 0 Å². The monoisotopic (exact) mass is 396 g/mol. The van der Waals surface area contributed by atoms with Crippen LogP contribution in [0.25, 0.3) is 0 Å². The molecule has 28 heavy (non-hydrogen) atoms. The van der Waals surface area contributed by atoms with Gasteiger partial charge in [0.1, 0.15) is 5.75 Å². The fraction of sp³-hybridized carbons (Fsp3) is 0.286. The number of benzene rings is 2. The summed E-state index contributed by atoms with van der Waals surface area (Å²) in [7, 11) is 1.60. The average molecular weight is 397 g/mol. The van der Waals surface area contributed by atoms with Crippen molar-refractivity contribution >= 4 is 17.7 Å². The highest BCUT2D eigenvalue weighted by molar-refractivity contribution is 7.99. The van der Waals surface area contributed by atoms with E-state index in [2.05, 4.69) is 41.5 Å². The molecule has 0 aliphatic carbocycles. The lowest BCUT2D eigenvalue weighted by molar-refractivity contribution is 0.0949. The highest BCUT2D eigenvalue weighted by atomic mass is 32.2. The summed E-state index contributed by atoms with van der Waals surface area (Å²) in [5, 5.41) is 12.6. The van der Waals surface area contributed by atoms with E-state index in [-0.39, 0.29) is 11.2 Å². The number of aromatic nitrogens is 3. The minimum atomic E-state index is -0.153. The molecular formula is C21H24N4O2S. The van der Waals surface area contributed by atoms with E-state index in [1.54, 1.807) is 43.1 Å². The molecule has 1 heterocycles. The molecule has 146 valence electrons. The topological polar surface area (TPSA) is 69.0 Å². The molecule has 1 aromatic heterocycles. The van der Waals surface area contributed by atoms with Crippen LogP contribution in [0.15, 0.2) is 59.8 Å². The Morgan fingerprint density at radius 1 is 1.14 bits per heavy atom. The Bertz CT molecular complexity index is 910. The Labute approximate surface area is 169 Å². The summed E-state index contributed by atoms with van der Waals surface area (Å²) in [5.74, 6) is 1.31. The zero-order valence-electron chi connectivity index (χ0n) is 16.3. The van der Waals surface area contributed by atoms with Crippen molar-refractivity contribution in [3.8, 4) is 5.75 Å². The van der Waals surface area contributed by atoms with Crippen LogP contribution in [0.5, 0.6) is 5.75 Å². The largest absolute Gasteiger partial charge is 0.497 e. The van der Waals surface area contributed by atoms with Crippen LogP contribution in [0.3, 0.4) is 0 Å². The number of ether oxygens (including phenoxy) is 1. The summed E-state index contributed by atoms with van der Waals surface area (Å²) in [6.45, 7) is 5.27. The molecule has 0 radical (unpaired) electrons. The summed E-state index contributed by atoms with van der Waals surface area (Å²) in [6, 6.07) is 17.3. The van der Waals surface area contributed by atoms with Gasteiger partial charge in [0, 0.05) is 17.4 Å². The Kier molecular flexibility index (Phi) is 6.71. The molecule has 2 aromatic carbocycles. The van der Waals surface area contributed by atoms with Gasteiger partial charge in [0.15, 0.2) is 11.0 Å². The van der Waals surface area contributed by atoms with Crippen molar-refractivity contribution in [2.75, 3.05) is 7.11 Å². The van der Waals surface area contributed by atoms with Crippen molar-refractivity contribution in [2.45, 2.75) is 37.3 Å². The van der Waals surface area contributed by atoms with Gasteiger partial charge < -0.3 is 14.6 Å². The van der Waals surface area contributed by atoms with E-state index in [0.717, 1.165) is 23.3 Å². The van der Waals surface area contributed by atoms with E-state index < -0.39 is 0 Å². The minimum absolute atomic E-state index is 0.153. The van der Waals surface area contributed by atoms with Gasteiger partial charge in [-0.2, -0.15) is 0 Å². The second-order valence-corrected chi connectivity index (χ2v) is 7.53. The molecule has 0 fully saturated rings. The maximum absolute atomic E-state index is 12.4. The molecule has 6 nitrogen and oxygen atoms in total. The van der Waals surface area contributed by atoms with E-state index in [4.69, 9.17) is 4.74 Å². The fourth-order valence-corrected chi connectivity index (χ4v) is 3.87. The van der Waals surface area contributed by atoms with Crippen molar-refractivity contribution in [1.82, 2.24) is 20.1 Å². The molecule has 1 N–H and O–H groups in total. The molecule has 7 heteroatoms. The van der Waals surface area contributed by atoms with Gasteiger partial charge in [-0.3, -0.25) is 4.79 Å². The van der Waals surface area contributed by atoms with Gasteiger partial charge in [-0.05, 0) is 43.7 Å². The molecule has 0 saturated carbocycles. The number of carbonyl (C=O) groups is 1. The molecule has 0 spiro atoms. The normalized spacial score (nSPS) is 11.8. The van der Waals surface area contributed by atoms with E-state index in [0.29, 0.717) is 12.1 Å². The predicted molar refractivity (Wildman–Crippen MR) is 111 cm³/mol. The van der Waals surface area contributed by atoms with Crippen LogP contribution < -0.4 is 10.1 Å². The molecule has 1 atom stereocenters. The van der Waals surface area contributed by atoms with Gasteiger partial charge in [-0.1, -0.05) is 42.1 Å². The molecule has 3 aromatic rings. The Morgan fingerprint density at radius 3 is 2.50 bits per heavy atom. The second kappa shape index (κ2) is 9.41. The van der Waals surface area contributed by atoms with Crippen LogP contribution in [-0.2, 0) is 13.1 Å². The average Bonchev–Trinajstić information content (AvgIpc) is 3.14. The zero-order chi connectivity index (χ0) is 19.9. The van der Waals surface area contributed by atoms with E-state index >= 15 is 0 Å². The smallest absolute Gasteiger partial charge is 0.251 e. The standard InChI is InChI=1S/C21H24N4O2S/c1-4-25-19(14-22-20(26)17-10-12-18(27-3)13-11-17)23-24-21(25)28-15(2)16-8-6-5-7-9-16/h5-13,15H,4,14H2,1-3H3,(H,22,26)/t15-/m1/s1. The van der Waals surface area contributed by atoms with Crippen molar-refractivity contribution in [3.05, 3.63) is 71.5 Å². The number of methoxy groups -OCH3 is 1. The van der Waals surface area contributed by atoms with Crippen LogP contribution in [0.2, 0.25) is 0 Å². The molecule has 0 bridgehead atoms. The number of hydrogen-bond acceptors (Lipinski definition) is 5. The van der Waals surface area contributed by atoms with Crippen LogP contribution in [0, 0.1) is 0 Å². The summed E-state index contributed by atoms with van der Waals surface area (Å²) < 4.78 is 7.16. The first-order valence-corrected chi connectivity index (χ1v) is 10.1. The van der Waals surface area contributed by atoms with Gasteiger partial charge in [-0.25, -0.2) is 0 Å². The highest BCUT2D eigenvalue weighted by Gasteiger charge is 2.16. The lowest BCUT2D eigenvalue weighted by Crippen LogP contribution is -2.24. The summed E-state index contributed by atoms with van der Waals surface area (Å²) >= 11 is 1.67. The maximum Gasteiger partial charge on any atom is 0.251 e. The number of amides is 1. The Morgan fingerprint density at radius 2 is 1.86 bits per heavy atom. The van der Waals surface area contributed by atoms with Crippen LogP contribution in [0.4, 0.5) is 0 Å². The van der Waals surface area contributed by atoms with Crippen LogP contribution >= 0.6 is 11.8 Å². The molecule has 0 saturated heterocycles. The van der Waals surface area contributed by atoms with Gasteiger partial charge in [0.05, 0.1) is 13.7 Å². The lowest BCUT2D eigenvalue weighted by atomic mass is 10.2. The van der Waals surface area contributed by atoms with Gasteiger partial charge in [0.2, 0.25) is 0 Å². The number of carbonyl (C=O) groups excluding carboxylic acids is 1. The first-order chi connectivity index (χ1) is 13.6. The first kappa shape index (κ1) is 19.9. The number of thioether (sulfide) groups is 1. The van der Waals surface area contributed by atoms with Gasteiger partial charge in [-0.15, -0.1) is 10.2 Å². The first-order valence-electron chi connectivity index (χ1n) is 9.18. The fourth-order valence-electron chi connectivity index (χ4n) is 2.81. The molecule has 0 aliphatic rings. The third-order valence-electron chi connectivity index (χ3n) is 4.42. The third kappa shape index (κ3) is 4.72. The number of hydrogen-bond donors (Lipinski definition) is 1. The van der Waals surface area contributed by atoms with Crippen molar-refractivity contribution in [1.29, 1.82) is 0 Å². The second-order valence-electron chi connectivity index (χ2n) is 6.23. The summed E-state index contributed by atoms with van der Waals surface area (Å²) in [5.41, 5.74) is 1.82. The molecule has 0 aliphatic heterocycles. The number of rotatable bonds is 8.